The lowest BCUT2D eigenvalue weighted by Crippen LogP contribution is -2.40. The van der Waals surface area contributed by atoms with Gasteiger partial charge in [-0.2, -0.15) is 11.8 Å². The lowest BCUT2D eigenvalue weighted by Gasteiger charge is -2.13. The second-order valence-electron chi connectivity index (χ2n) is 5.29. The predicted molar refractivity (Wildman–Crippen MR) is 101 cm³/mol. The van der Waals surface area contributed by atoms with Crippen LogP contribution in [-0.2, 0) is 19.5 Å². The molecule has 24 heavy (non-hydrogen) atoms. The van der Waals surface area contributed by atoms with Crippen LogP contribution in [0, 0.1) is 0 Å². The van der Waals surface area contributed by atoms with Crippen molar-refractivity contribution in [3.63, 3.8) is 0 Å². The van der Waals surface area contributed by atoms with E-state index in [0.717, 1.165) is 43.6 Å². The standard InChI is InChI=1S/C17H26N6S/c1-3-16-22-21-14-23(16)11-9-18-17(19-10-12-24-2)20-13-15-7-5-4-6-8-15/h4-8,14H,3,9-13H2,1-2H3,(H2,18,19,20). The van der Waals surface area contributed by atoms with Gasteiger partial charge < -0.3 is 15.2 Å². The summed E-state index contributed by atoms with van der Waals surface area (Å²) in [5.74, 6) is 2.91. The van der Waals surface area contributed by atoms with Gasteiger partial charge in [0, 0.05) is 31.8 Å². The molecule has 0 amide bonds. The highest BCUT2D eigenvalue weighted by atomic mass is 32.2. The van der Waals surface area contributed by atoms with Crippen LogP contribution in [0.5, 0.6) is 0 Å². The lowest BCUT2D eigenvalue weighted by molar-refractivity contribution is 0.633. The molecule has 6 nitrogen and oxygen atoms in total. The number of hydrogen-bond acceptors (Lipinski definition) is 4. The first-order chi connectivity index (χ1) is 11.8. The average molecular weight is 347 g/mol. The Bertz CT molecular complexity index is 611. The third-order valence-electron chi connectivity index (χ3n) is 3.52. The van der Waals surface area contributed by atoms with Gasteiger partial charge in [-0.05, 0) is 11.8 Å². The van der Waals surface area contributed by atoms with E-state index in [9.17, 15) is 0 Å². The van der Waals surface area contributed by atoms with Crippen molar-refractivity contribution in [2.24, 2.45) is 4.99 Å². The maximum atomic E-state index is 4.67. The van der Waals surface area contributed by atoms with Crippen molar-refractivity contribution in [2.45, 2.75) is 26.4 Å². The van der Waals surface area contributed by atoms with Gasteiger partial charge in [0.1, 0.15) is 12.2 Å². The molecule has 0 aliphatic heterocycles. The molecule has 1 aromatic carbocycles. The van der Waals surface area contributed by atoms with Gasteiger partial charge in [0.2, 0.25) is 0 Å². The molecule has 0 atom stereocenters. The zero-order valence-electron chi connectivity index (χ0n) is 14.4. The number of aliphatic imine (C=N–C) groups is 1. The number of nitrogens with one attached hydrogen (secondary N) is 2. The summed E-state index contributed by atoms with van der Waals surface area (Å²) in [5, 5.41) is 14.8. The van der Waals surface area contributed by atoms with Gasteiger partial charge in [-0.25, -0.2) is 4.99 Å². The summed E-state index contributed by atoms with van der Waals surface area (Å²) in [6.45, 7) is 5.26. The number of aryl methyl sites for hydroxylation is 1. The second kappa shape index (κ2) is 10.7. The molecule has 2 N–H and O–H groups in total. The highest BCUT2D eigenvalue weighted by Gasteiger charge is 2.02. The molecular weight excluding hydrogens is 320 g/mol. The van der Waals surface area contributed by atoms with Crippen molar-refractivity contribution >= 4 is 17.7 Å². The van der Waals surface area contributed by atoms with Crippen LogP contribution in [0.25, 0.3) is 0 Å². The number of guanidine groups is 1. The largest absolute Gasteiger partial charge is 0.356 e. The Morgan fingerprint density at radius 1 is 1.21 bits per heavy atom. The predicted octanol–water partition coefficient (Wildman–Crippen LogP) is 1.94. The normalized spacial score (nSPS) is 11.5. The first-order valence-corrected chi connectivity index (χ1v) is 9.64. The van der Waals surface area contributed by atoms with E-state index in [1.807, 2.05) is 30.0 Å². The Kier molecular flexibility index (Phi) is 8.17. The third-order valence-corrected chi connectivity index (χ3v) is 4.13. The number of aromatic nitrogens is 3. The summed E-state index contributed by atoms with van der Waals surface area (Å²) < 4.78 is 2.07. The Labute approximate surface area is 148 Å². The first kappa shape index (κ1) is 18.3. The fourth-order valence-corrected chi connectivity index (χ4v) is 2.54. The van der Waals surface area contributed by atoms with Gasteiger partial charge in [0.25, 0.3) is 0 Å². The number of nitrogens with zero attached hydrogens (tertiary/aromatic N) is 4. The van der Waals surface area contributed by atoms with Crippen LogP contribution in [0.2, 0.25) is 0 Å². The summed E-state index contributed by atoms with van der Waals surface area (Å²) in [7, 11) is 0. The Morgan fingerprint density at radius 2 is 2.00 bits per heavy atom. The van der Waals surface area contributed by atoms with E-state index in [2.05, 4.69) is 55.7 Å². The topological polar surface area (TPSA) is 67.1 Å². The number of rotatable bonds is 9. The van der Waals surface area contributed by atoms with Crippen LogP contribution in [0.15, 0.2) is 41.7 Å². The molecule has 0 saturated heterocycles. The van der Waals surface area contributed by atoms with Gasteiger partial charge >= 0.3 is 0 Å². The number of benzene rings is 1. The Hall–Kier alpha value is -2.02. The highest BCUT2D eigenvalue weighted by Crippen LogP contribution is 2.00. The van der Waals surface area contributed by atoms with Gasteiger partial charge in [0.05, 0.1) is 6.54 Å². The molecule has 7 heteroatoms. The fourth-order valence-electron chi connectivity index (χ4n) is 2.23. The average Bonchev–Trinajstić information content (AvgIpc) is 3.08. The van der Waals surface area contributed by atoms with Crippen LogP contribution in [0.3, 0.4) is 0 Å². The quantitative estimate of drug-likeness (QED) is 0.413. The fraction of sp³-hybridized carbons (Fsp3) is 0.471. The maximum absolute atomic E-state index is 4.67. The molecular formula is C17H26N6S. The van der Waals surface area contributed by atoms with Crippen LogP contribution < -0.4 is 10.6 Å². The summed E-state index contributed by atoms with van der Waals surface area (Å²) in [6, 6.07) is 10.3. The smallest absolute Gasteiger partial charge is 0.191 e. The SMILES string of the molecule is CCc1nncn1CCNC(=NCc1ccccc1)NCCSC. The van der Waals surface area contributed by atoms with E-state index in [0.29, 0.717) is 6.54 Å². The van der Waals surface area contributed by atoms with E-state index in [1.165, 1.54) is 5.56 Å². The minimum absolute atomic E-state index is 0.669. The van der Waals surface area contributed by atoms with Crippen molar-refractivity contribution < 1.29 is 0 Å². The number of thioether (sulfide) groups is 1. The molecule has 2 rings (SSSR count). The Balaban J connectivity index is 1.87. The maximum Gasteiger partial charge on any atom is 0.191 e. The summed E-state index contributed by atoms with van der Waals surface area (Å²) in [6.07, 6.45) is 4.78. The molecule has 0 radical (unpaired) electrons. The van der Waals surface area contributed by atoms with E-state index < -0.39 is 0 Å². The third kappa shape index (κ3) is 6.23. The molecule has 0 aliphatic carbocycles. The van der Waals surface area contributed by atoms with Crippen LogP contribution in [0.1, 0.15) is 18.3 Å². The summed E-state index contributed by atoms with van der Waals surface area (Å²) in [4.78, 5) is 4.67. The van der Waals surface area contributed by atoms with Crippen LogP contribution >= 0.6 is 11.8 Å². The molecule has 0 aliphatic rings. The first-order valence-electron chi connectivity index (χ1n) is 8.25. The summed E-state index contributed by atoms with van der Waals surface area (Å²) in [5.41, 5.74) is 1.20. The van der Waals surface area contributed by atoms with E-state index in [-0.39, 0.29) is 0 Å². The van der Waals surface area contributed by atoms with Crippen molar-refractivity contribution in [3.8, 4) is 0 Å². The van der Waals surface area contributed by atoms with Gasteiger partial charge in [-0.1, -0.05) is 37.3 Å². The minimum atomic E-state index is 0.669. The monoisotopic (exact) mass is 346 g/mol. The van der Waals surface area contributed by atoms with Crippen molar-refractivity contribution in [2.75, 3.05) is 25.1 Å². The molecule has 1 heterocycles. The van der Waals surface area contributed by atoms with Crippen molar-refractivity contribution in [3.05, 3.63) is 48.0 Å². The number of hydrogen-bond donors (Lipinski definition) is 2. The molecule has 1 aromatic heterocycles. The molecule has 0 spiro atoms. The van der Waals surface area contributed by atoms with Crippen molar-refractivity contribution in [1.82, 2.24) is 25.4 Å². The molecule has 0 unspecified atom stereocenters. The Morgan fingerprint density at radius 3 is 2.75 bits per heavy atom. The molecule has 130 valence electrons. The zero-order valence-corrected chi connectivity index (χ0v) is 15.2. The summed E-state index contributed by atoms with van der Waals surface area (Å²) >= 11 is 1.82. The van der Waals surface area contributed by atoms with E-state index >= 15 is 0 Å². The van der Waals surface area contributed by atoms with Crippen molar-refractivity contribution in [1.29, 1.82) is 0 Å². The van der Waals surface area contributed by atoms with E-state index in [4.69, 9.17) is 0 Å². The zero-order chi connectivity index (χ0) is 17.0. The lowest BCUT2D eigenvalue weighted by atomic mass is 10.2. The van der Waals surface area contributed by atoms with Crippen LogP contribution in [0.4, 0.5) is 0 Å². The highest BCUT2D eigenvalue weighted by molar-refractivity contribution is 7.98. The molecule has 0 bridgehead atoms. The second-order valence-corrected chi connectivity index (χ2v) is 6.28. The molecule has 0 saturated carbocycles. The van der Waals surface area contributed by atoms with Gasteiger partial charge in [-0.3, -0.25) is 0 Å². The van der Waals surface area contributed by atoms with Crippen LogP contribution in [-0.4, -0.2) is 45.8 Å². The minimum Gasteiger partial charge on any atom is -0.356 e. The molecule has 0 fully saturated rings. The van der Waals surface area contributed by atoms with Gasteiger partial charge in [-0.15, -0.1) is 10.2 Å². The van der Waals surface area contributed by atoms with E-state index in [1.54, 1.807) is 6.33 Å². The van der Waals surface area contributed by atoms with Gasteiger partial charge in [0.15, 0.2) is 5.96 Å². The molecule has 2 aromatic rings.